The first kappa shape index (κ1) is 18.6. The van der Waals surface area contributed by atoms with Gasteiger partial charge in [0.1, 0.15) is 11.9 Å². The largest absolute Gasteiger partial charge is 0.484 e. The van der Waals surface area contributed by atoms with Crippen LogP contribution in [-0.2, 0) is 0 Å². The van der Waals surface area contributed by atoms with Crippen LogP contribution in [0.25, 0.3) is 5.65 Å². The summed E-state index contributed by atoms with van der Waals surface area (Å²) in [5.74, 6) is 2.53. The Morgan fingerprint density at radius 1 is 1.00 bits per heavy atom. The fraction of sp³-hybridized carbons (Fsp3) is 0.500. The lowest BCUT2D eigenvalue weighted by Crippen LogP contribution is -2.31. The van der Waals surface area contributed by atoms with Crippen molar-refractivity contribution in [3.05, 3.63) is 59.5 Å². The van der Waals surface area contributed by atoms with E-state index in [9.17, 15) is 0 Å². The lowest BCUT2D eigenvalue weighted by Gasteiger charge is -2.30. The van der Waals surface area contributed by atoms with Crippen molar-refractivity contribution in [1.29, 1.82) is 0 Å². The van der Waals surface area contributed by atoms with E-state index in [1.165, 1.54) is 17.5 Å². The van der Waals surface area contributed by atoms with Gasteiger partial charge in [0.2, 0.25) is 0 Å². The van der Waals surface area contributed by atoms with E-state index in [-0.39, 0.29) is 6.10 Å². The molecule has 1 aromatic carbocycles. The molecular weight excluding hydrogens is 360 g/mol. The molecule has 3 aromatic rings. The van der Waals surface area contributed by atoms with Crippen LogP contribution in [0.4, 0.5) is 0 Å². The predicted molar refractivity (Wildman–Crippen MR) is 114 cm³/mol. The van der Waals surface area contributed by atoms with E-state index in [1.807, 2.05) is 12.1 Å². The number of pyridine rings is 1. The van der Waals surface area contributed by atoms with Crippen LogP contribution in [0.15, 0.2) is 42.6 Å². The van der Waals surface area contributed by atoms with Crippen LogP contribution in [0.3, 0.4) is 0 Å². The van der Waals surface area contributed by atoms with Gasteiger partial charge >= 0.3 is 0 Å². The van der Waals surface area contributed by atoms with E-state index < -0.39 is 0 Å². The van der Waals surface area contributed by atoms with Crippen LogP contribution in [0.1, 0.15) is 81.5 Å². The molecule has 3 heterocycles. The second-order valence-electron chi connectivity index (χ2n) is 8.85. The first-order chi connectivity index (χ1) is 14.1. The third-order valence-corrected chi connectivity index (χ3v) is 6.67. The van der Waals surface area contributed by atoms with Gasteiger partial charge in [-0.2, -0.15) is 0 Å². The van der Waals surface area contributed by atoms with E-state index >= 15 is 0 Å². The molecule has 2 aromatic heterocycles. The summed E-state index contributed by atoms with van der Waals surface area (Å²) in [6.07, 6.45) is 6.76. The number of fused-ring (bicyclic) bond motifs is 2. The van der Waals surface area contributed by atoms with Gasteiger partial charge in [0.15, 0.2) is 11.5 Å². The fourth-order valence-electron chi connectivity index (χ4n) is 5.12. The van der Waals surface area contributed by atoms with Crippen molar-refractivity contribution in [1.82, 2.24) is 19.5 Å². The number of hydrogen-bond acceptors (Lipinski definition) is 4. The number of hydrogen-bond donors (Lipinski definition) is 0. The van der Waals surface area contributed by atoms with Crippen molar-refractivity contribution in [3.8, 4) is 5.75 Å². The molecule has 1 saturated heterocycles. The van der Waals surface area contributed by atoms with Crippen LogP contribution in [0.5, 0.6) is 5.75 Å². The molecule has 0 N–H and O–H groups in total. The maximum atomic E-state index is 6.51. The van der Waals surface area contributed by atoms with Crippen molar-refractivity contribution in [2.24, 2.45) is 0 Å². The Kier molecular flexibility index (Phi) is 4.78. The minimum absolute atomic E-state index is 0.110. The second-order valence-corrected chi connectivity index (χ2v) is 8.85. The maximum absolute atomic E-state index is 6.51. The van der Waals surface area contributed by atoms with Crippen molar-refractivity contribution in [2.45, 2.75) is 70.6 Å². The third kappa shape index (κ3) is 3.31. The zero-order chi connectivity index (χ0) is 20.0. The minimum Gasteiger partial charge on any atom is -0.484 e. The number of nitrogens with zero attached hydrogens (tertiary/aromatic N) is 4. The van der Waals surface area contributed by atoms with Crippen molar-refractivity contribution < 1.29 is 4.74 Å². The zero-order valence-electron chi connectivity index (χ0n) is 17.6. The van der Waals surface area contributed by atoms with Gasteiger partial charge in [0, 0.05) is 6.04 Å². The molecule has 1 aliphatic carbocycles. The van der Waals surface area contributed by atoms with Crippen LogP contribution in [0.2, 0.25) is 0 Å². The molecule has 5 heteroatoms. The van der Waals surface area contributed by atoms with Crippen molar-refractivity contribution >= 4 is 5.65 Å². The quantitative estimate of drug-likeness (QED) is 0.607. The Labute approximate surface area is 172 Å². The highest BCUT2D eigenvalue weighted by Gasteiger charge is 2.31. The van der Waals surface area contributed by atoms with Crippen LogP contribution < -0.4 is 4.74 Å². The molecule has 5 rings (SSSR count). The average Bonchev–Trinajstić information content (AvgIpc) is 3.37. The van der Waals surface area contributed by atoms with Crippen LogP contribution in [-0.4, -0.2) is 32.1 Å². The summed E-state index contributed by atoms with van der Waals surface area (Å²) in [5, 5.41) is 8.98. The summed E-state index contributed by atoms with van der Waals surface area (Å²) in [4.78, 5) is 2.53. The Morgan fingerprint density at radius 3 is 2.66 bits per heavy atom. The summed E-state index contributed by atoms with van der Waals surface area (Å²) in [6, 6.07) is 13.6. The van der Waals surface area contributed by atoms with Crippen LogP contribution >= 0.6 is 0 Å². The molecule has 152 valence electrons. The SMILES string of the molecule is CC1CCC(Oc2ccc3nnc([C@@H]4CCCN4C(C)C)n3c2)c2ccccc21. The number of likely N-dealkylation sites (tertiary alicyclic amines) is 1. The molecule has 1 fully saturated rings. The summed E-state index contributed by atoms with van der Waals surface area (Å²) in [6.45, 7) is 7.96. The molecule has 0 amide bonds. The first-order valence-electron chi connectivity index (χ1n) is 11.0. The van der Waals surface area contributed by atoms with E-state index in [0.717, 1.165) is 43.0 Å². The fourth-order valence-corrected chi connectivity index (χ4v) is 5.12. The molecule has 2 aliphatic rings. The van der Waals surface area contributed by atoms with E-state index in [4.69, 9.17) is 4.74 Å². The Hall–Kier alpha value is -2.40. The monoisotopic (exact) mass is 390 g/mol. The molecule has 0 radical (unpaired) electrons. The molecule has 29 heavy (non-hydrogen) atoms. The summed E-state index contributed by atoms with van der Waals surface area (Å²) >= 11 is 0. The summed E-state index contributed by atoms with van der Waals surface area (Å²) in [7, 11) is 0. The van der Waals surface area contributed by atoms with Crippen LogP contribution in [0, 0.1) is 0 Å². The van der Waals surface area contributed by atoms with E-state index in [2.05, 4.69) is 70.7 Å². The molecule has 5 nitrogen and oxygen atoms in total. The lowest BCUT2D eigenvalue weighted by atomic mass is 9.82. The standard InChI is InChI=1S/C24H30N4O/c1-16(2)27-14-6-9-21(27)24-26-25-23-13-11-18(15-28(23)24)29-22-12-10-17(3)19-7-4-5-8-20(19)22/h4-5,7-8,11,13,15-17,21-22H,6,9-10,12,14H2,1-3H3/t17?,21-,22?/m0/s1. The van der Waals surface area contributed by atoms with Gasteiger partial charge in [-0.3, -0.25) is 9.30 Å². The molecule has 3 atom stereocenters. The number of rotatable bonds is 4. The van der Waals surface area contributed by atoms with Crippen molar-refractivity contribution in [2.75, 3.05) is 6.54 Å². The van der Waals surface area contributed by atoms with Gasteiger partial charge in [-0.05, 0) is 75.3 Å². The predicted octanol–water partition coefficient (Wildman–Crippen LogP) is 5.29. The minimum atomic E-state index is 0.110. The highest BCUT2D eigenvalue weighted by Crippen LogP contribution is 2.40. The van der Waals surface area contributed by atoms with Gasteiger partial charge in [-0.15, -0.1) is 10.2 Å². The molecular formula is C24H30N4O. The molecule has 0 bridgehead atoms. The molecule has 0 saturated carbocycles. The average molecular weight is 391 g/mol. The number of benzene rings is 1. The summed E-state index contributed by atoms with van der Waals surface area (Å²) in [5.41, 5.74) is 3.64. The number of aromatic nitrogens is 3. The van der Waals surface area contributed by atoms with E-state index in [1.54, 1.807) is 0 Å². The number of ether oxygens (including phenoxy) is 1. The Balaban J connectivity index is 1.46. The summed E-state index contributed by atoms with van der Waals surface area (Å²) < 4.78 is 8.65. The highest BCUT2D eigenvalue weighted by atomic mass is 16.5. The smallest absolute Gasteiger partial charge is 0.161 e. The lowest BCUT2D eigenvalue weighted by molar-refractivity contribution is 0.176. The van der Waals surface area contributed by atoms with Gasteiger partial charge in [-0.25, -0.2) is 0 Å². The van der Waals surface area contributed by atoms with E-state index in [0.29, 0.717) is 18.0 Å². The molecule has 2 unspecified atom stereocenters. The second kappa shape index (κ2) is 7.45. The van der Waals surface area contributed by atoms with Gasteiger partial charge in [0.05, 0.1) is 12.2 Å². The molecule has 1 aliphatic heterocycles. The third-order valence-electron chi connectivity index (χ3n) is 6.67. The highest BCUT2D eigenvalue weighted by molar-refractivity contribution is 5.42. The van der Waals surface area contributed by atoms with Gasteiger partial charge in [-0.1, -0.05) is 31.2 Å². The zero-order valence-corrected chi connectivity index (χ0v) is 17.6. The van der Waals surface area contributed by atoms with Crippen molar-refractivity contribution in [3.63, 3.8) is 0 Å². The Bertz CT molecular complexity index is 1010. The van der Waals surface area contributed by atoms with Gasteiger partial charge in [0.25, 0.3) is 0 Å². The maximum Gasteiger partial charge on any atom is 0.161 e. The first-order valence-corrected chi connectivity index (χ1v) is 11.0. The van der Waals surface area contributed by atoms with Gasteiger partial charge < -0.3 is 4.74 Å². The molecule has 0 spiro atoms. The normalized spacial score (nSPS) is 24.9. The Morgan fingerprint density at radius 2 is 1.83 bits per heavy atom. The topological polar surface area (TPSA) is 42.7 Å².